The van der Waals surface area contributed by atoms with Crippen molar-refractivity contribution in [2.75, 3.05) is 0 Å². The highest BCUT2D eigenvalue weighted by atomic mass is 79.9. The fourth-order valence-corrected chi connectivity index (χ4v) is 2.87. The Balaban J connectivity index is 2.11. The minimum atomic E-state index is 0.575. The molecule has 0 saturated heterocycles. The molecule has 2 aromatic rings. The van der Waals surface area contributed by atoms with Crippen LogP contribution in [-0.2, 0) is 0 Å². The Hall–Kier alpha value is -0.830. The van der Waals surface area contributed by atoms with Gasteiger partial charge in [-0.15, -0.1) is 0 Å². The number of hydrogen-bond donors (Lipinski definition) is 1. The number of fused-ring (bicyclic) bond motifs is 1. The van der Waals surface area contributed by atoms with Crippen molar-refractivity contribution in [3.63, 3.8) is 0 Å². The minimum absolute atomic E-state index is 0.575. The molecular weight excluding hydrogens is 264 g/mol. The van der Waals surface area contributed by atoms with Gasteiger partial charge in [-0.2, -0.15) is 0 Å². The molecule has 0 amide bonds. The third-order valence-corrected chi connectivity index (χ3v) is 3.98. The molecule has 2 nitrogen and oxygen atoms in total. The summed E-state index contributed by atoms with van der Waals surface area (Å²) in [4.78, 5) is 8.20. The van der Waals surface area contributed by atoms with Crippen LogP contribution in [-0.4, -0.2) is 9.97 Å². The highest BCUT2D eigenvalue weighted by Gasteiger charge is 2.30. The van der Waals surface area contributed by atoms with Gasteiger partial charge in [0.15, 0.2) is 0 Å². The largest absolute Gasteiger partial charge is 0.342 e. The summed E-state index contributed by atoms with van der Waals surface area (Å²) in [5.41, 5.74) is 3.50. The van der Waals surface area contributed by atoms with Gasteiger partial charge in [-0.1, -0.05) is 22.9 Å². The maximum Gasteiger partial charge on any atom is 0.110 e. The number of H-pyrrole nitrogens is 1. The van der Waals surface area contributed by atoms with E-state index in [2.05, 4.69) is 46.9 Å². The lowest BCUT2D eigenvalue weighted by Crippen LogP contribution is -1.97. The van der Waals surface area contributed by atoms with E-state index in [4.69, 9.17) is 4.98 Å². The van der Waals surface area contributed by atoms with Crippen molar-refractivity contribution in [1.82, 2.24) is 9.97 Å². The van der Waals surface area contributed by atoms with Gasteiger partial charge in [-0.25, -0.2) is 4.98 Å². The van der Waals surface area contributed by atoms with Crippen molar-refractivity contribution >= 4 is 27.0 Å². The normalized spacial score (nSPS) is 17.9. The summed E-state index contributed by atoms with van der Waals surface area (Å²) in [6.45, 7) is 4.39. The molecule has 3 rings (SSSR count). The van der Waals surface area contributed by atoms with E-state index in [1.54, 1.807) is 0 Å². The van der Waals surface area contributed by atoms with Gasteiger partial charge in [-0.3, -0.25) is 0 Å². The van der Waals surface area contributed by atoms with Gasteiger partial charge in [0.05, 0.1) is 11.0 Å². The molecule has 0 radical (unpaired) electrons. The number of hydrogen-bond acceptors (Lipinski definition) is 1. The molecule has 1 aromatic heterocycles. The number of nitrogens with one attached hydrogen (secondary N) is 1. The molecule has 1 atom stereocenters. The van der Waals surface area contributed by atoms with E-state index < -0.39 is 0 Å². The molecule has 1 aliphatic carbocycles. The molecule has 1 aromatic carbocycles. The van der Waals surface area contributed by atoms with E-state index in [1.165, 1.54) is 18.4 Å². The third-order valence-electron chi connectivity index (χ3n) is 3.52. The van der Waals surface area contributed by atoms with Crippen molar-refractivity contribution in [3.8, 4) is 0 Å². The first-order valence-electron chi connectivity index (χ1n) is 5.81. The molecule has 1 fully saturated rings. The number of aromatic amines is 1. The van der Waals surface area contributed by atoms with Gasteiger partial charge < -0.3 is 4.98 Å². The molecule has 1 saturated carbocycles. The minimum Gasteiger partial charge on any atom is -0.342 e. The number of imidazole rings is 1. The molecule has 3 heteroatoms. The first-order valence-corrected chi connectivity index (χ1v) is 6.60. The Labute approximate surface area is 104 Å². The molecule has 84 valence electrons. The smallest absolute Gasteiger partial charge is 0.110 e. The second kappa shape index (κ2) is 3.59. The first kappa shape index (κ1) is 10.3. The second-order valence-corrected chi connectivity index (χ2v) is 5.78. The number of aryl methyl sites for hydroxylation is 1. The van der Waals surface area contributed by atoms with Crippen LogP contribution >= 0.6 is 15.9 Å². The molecule has 0 spiro atoms. The fourth-order valence-electron chi connectivity index (χ4n) is 2.30. The fraction of sp³-hybridized carbons (Fsp3) is 0.462. The molecule has 16 heavy (non-hydrogen) atoms. The standard InChI is InChI=1S/C13H15BrN2/c1-7-5-10(14)6-11-12(7)16-13(15-11)8(2)9-3-4-9/h5-6,8-9H,3-4H2,1-2H3,(H,15,16). The molecule has 1 heterocycles. The summed E-state index contributed by atoms with van der Waals surface area (Å²) in [7, 11) is 0. The van der Waals surface area contributed by atoms with E-state index in [0.29, 0.717) is 5.92 Å². The number of aromatic nitrogens is 2. The zero-order valence-electron chi connectivity index (χ0n) is 9.55. The van der Waals surface area contributed by atoms with Gasteiger partial charge in [0.1, 0.15) is 5.82 Å². The summed E-state index contributed by atoms with van der Waals surface area (Å²) in [6.07, 6.45) is 2.72. The first-order chi connectivity index (χ1) is 7.65. The number of halogens is 1. The average molecular weight is 279 g/mol. The summed E-state index contributed by atoms with van der Waals surface area (Å²) in [5.74, 6) is 2.58. The van der Waals surface area contributed by atoms with E-state index in [1.807, 2.05) is 0 Å². The zero-order valence-corrected chi connectivity index (χ0v) is 11.1. The van der Waals surface area contributed by atoms with Crippen LogP contribution in [0.2, 0.25) is 0 Å². The highest BCUT2D eigenvalue weighted by molar-refractivity contribution is 9.10. The Kier molecular flexibility index (Phi) is 2.32. The van der Waals surface area contributed by atoms with Gasteiger partial charge >= 0.3 is 0 Å². The van der Waals surface area contributed by atoms with Crippen LogP contribution in [0.4, 0.5) is 0 Å². The van der Waals surface area contributed by atoms with Crippen molar-refractivity contribution in [2.24, 2.45) is 5.92 Å². The Bertz CT molecular complexity index is 540. The second-order valence-electron chi connectivity index (χ2n) is 4.87. The molecule has 0 aliphatic heterocycles. The van der Waals surface area contributed by atoms with Gasteiger partial charge in [-0.05, 0) is 43.4 Å². The Morgan fingerprint density at radius 3 is 2.88 bits per heavy atom. The lowest BCUT2D eigenvalue weighted by Gasteiger charge is -2.04. The maximum absolute atomic E-state index is 4.74. The SMILES string of the molecule is Cc1cc(Br)cc2[nH]c(C(C)C3CC3)nc12. The van der Waals surface area contributed by atoms with Crippen molar-refractivity contribution < 1.29 is 0 Å². The molecule has 1 N–H and O–H groups in total. The van der Waals surface area contributed by atoms with Crippen LogP contribution in [0.3, 0.4) is 0 Å². The molecule has 0 bridgehead atoms. The van der Waals surface area contributed by atoms with Gasteiger partial charge in [0, 0.05) is 10.4 Å². The lowest BCUT2D eigenvalue weighted by molar-refractivity contribution is 0.630. The maximum atomic E-state index is 4.74. The highest BCUT2D eigenvalue weighted by Crippen LogP contribution is 2.41. The zero-order chi connectivity index (χ0) is 11.3. The number of rotatable bonds is 2. The third kappa shape index (κ3) is 1.67. The van der Waals surface area contributed by atoms with Gasteiger partial charge in [0.25, 0.3) is 0 Å². The van der Waals surface area contributed by atoms with Crippen LogP contribution in [0.5, 0.6) is 0 Å². The topological polar surface area (TPSA) is 28.7 Å². The monoisotopic (exact) mass is 278 g/mol. The van der Waals surface area contributed by atoms with Crippen LogP contribution in [0.15, 0.2) is 16.6 Å². The van der Waals surface area contributed by atoms with E-state index in [0.717, 1.165) is 27.2 Å². The molecule has 1 unspecified atom stereocenters. The van der Waals surface area contributed by atoms with E-state index >= 15 is 0 Å². The van der Waals surface area contributed by atoms with Crippen LogP contribution in [0, 0.1) is 12.8 Å². The Morgan fingerprint density at radius 2 is 2.19 bits per heavy atom. The lowest BCUT2D eigenvalue weighted by atomic mass is 10.1. The van der Waals surface area contributed by atoms with Crippen molar-refractivity contribution in [1.29, 1.82) is 0 Å². The predicted octanol–water partition coefficient (Wildman–Crippen LogP) is 4.15. The summed E-state index contributed by atoms with van der Waals surface area (Å²) >= 11 is 3.52. The number of benzene rings is 1. The summed E-state index contributed by atoms with van der Waals surface area (Å²) < 4.78 is 1.12. The molecule has 1 aliphatic rings. The number of nitrogens with zero attached hydrogens (tertiary/aromatic N) is 1. The van der Waals surface area contributed by atoms with Crippen LogP contribution in [0.25, 0.3) is 11.0 Å². The quantitative estimate of drug-likeness (QED) is 0.879. The van der Waals surface area contributed by atoms with Gasteiger partial charge in [0.2, 0.25) is 0 Å². The average Bonchev–Trinajstić information content (AvgIpc) is 2.97. The molecular formula is C13H15BrN2. The van der Waals surface area contributed by atoms with Crippen molar-refractivity contribution in [2.45, 2.75) is 32.6 Å². The predicted molar refractivity (Wildman–Crippen MR) is 69.7 cm³/mol. The van der Waals surface area contributed by atoms with E-state index in [-0.39, 0.29) is 0 Å². The summed E-state index contributed by atoms with van der Waals surface area (Å²) in [5, 5.41) is 0. The van der Waals surface area contributed by atoms with E-state index in [9.17, 15) is 0 Å². The van der Waals surface area contributed by atoms with Crippen LogP contribution < -0.4 is 0 Å². The van der Waals surface area contributed by atoms with Crippen molar-refractivity contribution in [3.05, 3.63) is 28.0 Å². The van der Waals surface area contributed by atoms with Crippen LogP contribution in [0.1, 0.15) is 37.1 Å². The summed E-state index contributed by atoms with van der Waals surface area (Å²) in [6, 6.07) is 4.23. The Morgan fingerprint density at radius 1 is 1.44 bits per heavy atom.